The van der Waals surface area contributed by atoms with Crippen LogP contribution in [-0.4, -0.2) is 9.55 Å². The molecule has 2 aromatic carbocycles. The van der Waals surface area contributed by atoms with Gasteiger partial charge in [-0.15, -0.1) is 11.6 Å². The number of fused-ring (bicyclic) bond motifs is 1. The fourth-order valence-electron chi connectivity index (χ4n) is 2.19. The molecule has 108 valence electrons. The molecule has 0 aliphatic rings. The number of benzene rings is 2. The molecule has 2 nitrogen and oxygen atoms in total. The van der Waals surface area contributed by atoms with Crippen LogP contribution in [0, 0.1) is 5.82 Å². The van der Waals surface area contributed by atoms with Crippen molar-refractivity contribution in [1.29, 1.82) is 0 Å². The minimum Gasteiger partial charge on any atom is -0.292 e. The third kappa shape index (κ3) is 2.66. The fraction of sp³-hybridized carbons (Fsp3) is 0.0714. The van der Waals surface area contributed by atoms with E-state index in [1.165, 1.54) is 12.1 Å². The third-order valence-corrected chi connectivity index (χ3v) is 4.32. The first-order valence-electron chi connectivity index (χ1n) is 5.89. The Balaban J connectivity index is 2.39. The van der Waals surface area contributed by atoms with Crippen molar-refractivity contribution in [3.8, 4) is 5.69 Å². The Morgan fingerprint density at radius 3 is 2.43 bits per heavy atom. The molecule has 21 heavy (non-hydrogen) atoms. The van der Waals surface area contributed by atoms with Crippen molar-refractivity contribution in [1.82, 2.24) is 9.55 Å². The van der Waals surface area contributed by atoms with Crippen LogP contribution < -0.4 is 0 Å². The first-order valence-corrected chi connectivity index (χ1v) is 7.97. The van der Waals surface area contributed by atoms with Gasteiger partial charge < -0.3 is 0 Å². The summed E-state index contributed by atoms with van der Waals surface area (Å²) in [6.45, 7) is 0. The van der Waals surface area contributed by atoms with Crippen LogP contribution in [0.1, 0.15) is 5.82 Å². The van der Waals surface area contributed by atoms with Crippen molar-refractivity contribution < 1.29 is 4.39 Å². The molecule has 0 unspecified atom stereocenters. The molecular formula is C14H7BrCl3FN2. The first-order chi connectivity index (χ1) is 10.0. The maximum absolute atomic E-state index is 13.4. The van der Waals surface area contributed by atoms with E-state index >= 15 is 0 Å². The molecule has 0 fully saturated rings. The van der Waals surface area contributed by atoms with E-state index in [0.29, 0.717) is 11.5 Å². The lowest BCUT2D eigenvalue weighted by Gasteiger charge is -2.12. The number of hydrogen-bond acceptors (Lipinski definition) is 1. The van der Waals surface area contributed by atoms with Gasteiger partial charge in [0.1, 0.15) is 11.6 Å². The van der Waals surface area contributed by atoms with Crippen molar-refractivity contribution in [2.75, 3.05) is 0 Å². The van der Waals surface area contributed by atoms with Gasteiger partial charge in [0, 0.05) is 4.47 Å². The van der Waals surface area contributed by atoms with Crippen LogP contribution in [0.5, 0.6) is 0 Å². The van der Waals surface area contributed by atoms with Gasteiger partial charge in [-0.1, -0.05) is 39.1 Å². The molecule has 0 bridgehead atoms. The number of alkyl halides is 1. The summed E-state index contributed by atoms with van der Waals surface area (Å²) in [4.78, 5) is 4.46. The zero-order valence-electron chi connectivity index (χ0n) is 10.4. The normalized spacial score (nSPS) is 11.3. The minimum atomic E-state index is -0.492. The minimum absolute atomic E-state index is 0.177. The van der Waals surface area contributed by atoms with Crippen molar-refractivity contribution in [2.24, 2.45) is 0 Å². The van der Waals surface area contributed by atoms with E-state index < -0.39 is 5.82 Å². The molecule has 0 radical (unpaired) electrons. The smallest absolute Gasteiger partial charge is 0.129 e. The Bertz CT molecular complexity index is 825. The van der Waals surface area contributed by atoms with E-state index in [2.05, 4.69) is 20.9 Å². The fourth-order valence-corrected chi connectivity index (χ4v) is 3.35. The van der Waals surface area contributed by atoms with Gasteiger partial charge in [0.2, 0.25) is 0 Å². The van der Waals surface area contributed by atoms with E-state index in [9.17, 15) is 4.39 Å². The topological polar surface area (TPSA) is 17.8 Å². The average molecular weight is 408 g/mol. The quantitative estimate of drug-likeness (QED) is 0.478. The largest absolute Gasteiger partial charge is 0.292 e. The maximum atomic E-state index is 13.4. The average Bonchev–Trinajstić information content (AvgIpc) is 2.75. The second kappa shape index (κ2) is 5.76. The summed E-state index contributed by atoms with van der Waals surface area (Å²) in [5, 5.41) is 0.405. The number of imidazole rings is 1. The van der Waals surface area contributed by atoms with Gasteiger partial charge in [0.15, 0.2) is 0 Å². The molecule has 3 aromatic rings. The van der Waals surface area contributed by atoms with Crippen LogP contribution in [0.3, 0.4) is 0 Å². The van der Waals surface area contributed by atoms with Gasteiger partial charge in [0.25, 0.3) is 0 Å². The summed E-state index contributed by atoms with van der Waals surface area (Å²) in [5.74, 6) is 0.268. The van der Waals surface area contributed by atoms with Crippen LogP contribution in [0.25, 0.3) is 16.7 Å². The zero-order valence-corrected chi connectivity index (χ0v) is 14.2. The highest BCUT2D eigenvalue weighted by atomic mass is 79.9. The first kappa shape index (κ1) is 15.1. The van der Waals surface area contributed by atoms with Crippen molar-refractivity contribution in [3.05, 3.63) is 56.5 Å². The van der Waals surface area contributed by atoms with Gasteiger partial charge in [0.05, 0.1) is 32.6 Å². The van der Waals surface area contributed by atoms with E-state index in [-0.39, 0.29) is 15.9 Å². The standard InChI is InChI=1S/C14H7BrCl3FN2/c15-7-1-2-12-11(3-7)20-13(6-16)21(12)14-9(17)4-8(19)5-10(14)18/h1-5H,6H2. The van der Waals surface area contributed by atoms with E-state index in [1.807, 2.05) is 18.2 Å². The van der Waals surface area contributed by atoms with Gasteiger partial charge in [-0.2, -0.15) is 0 Å². The van der Waals surface area contributed by atoms with Crippen LogP contribution in [0.2, 0.25) is 10.0 Å². The monoisotopic (exact) mass is 406 g/mol. The molecule has 0 amide bonds. The SMILES string of the molecule is Fc1cc(Cl)c(-n2c(CCl)nc3cc(Br)ccc32)c(Cl)c1. The molecular weight excluding hydrogens is 401 g/mol. The Morgan fingerprint density at radius 2 is 1.81 bits per heavy atom. The summed E-state index contributed by atoms with van der Waals surface area (Å²) >= 11 is 21.7. The predicted octanol–water partition coefficient (Wildman–Crippen LogP) is 5.97. The lowest BCUT2D eigenvalue weighted by Crippen LogP contribution is -2.01. The Morgan fingerprint density at radius 1 is 1.14 bits per heavy atom. The summed E-state index contributed by atoms with van der Waals surface area (Å²) in [7, 11) is 0. The number of aromatic nitrogens is 2. The Labute approximate surface area is 143 Å². The van der Waals surface area contributed by atoms with E-state index in [0.717, 1.165) is 15.5 Å². The zero-order chi connectivity index (χ0) is 15.1. The highest BCUT2D eigenvalue weighted by Gasteiger charge is 2.18. The van der Waals surface area contributed by atoms with E-state index in [4.69, 9.17) is 34.8 Å². The molecule has 0 atom stereocenters. The van der Waals surface area contributed by atoms with Crippen LogP contribution in [-0.2, 0) is 5.88 Å². The number of nitrogens with zero attached hydrogens (tertiary/aromatic N) is 2. The Kier molecular flexibility index (Phi) is 4.14. The molecule has 0 aliphatic heterocycles. The van der Waals surface area contributed by atoms with Gasteiger partial charge in [-0.3, -0.25) is 4.57 Å². The van der Waals surface area contributed by atoms with Gasteiger partial charge in [-0.05, 0) is 30.3 Å². The molecule has 0 spiro atoms. The molecule has 3 rings (SSSR count). The number of rotatable bonds is 2. The molecule has 7 heteroatoms. The second-order valence-corrected chi connectivity index (χ2v) is 6.35. The van der Waals surface area contributed by atoms with Crippen LogP contribution >= 0.6 is 50.7 Å². The summed E-state index contributed by atoms with van der Waals surface area (Å²) in [6, 6.07) is 8.05. The van der Waals surface area contributed by atoms with Gasteiger partial charge >= 0.3 is 0 Å². The lowest BCUT2D eigenvalue weighted by atomic mass is 10.2. The lowest BCUT2D eigenvalue weighted by molar-refractivity contribution is 0.627. The van der Waals surface area contributed by atoms with Crippen molar-refractivity contribution >= 4 is 61.8 Å². The summed E-state index contributed by atoms with van der Waals surface area (Å²) < 4.78 is 16.0. The van der Waals surface area contributed by atoms with Crippen LogP contribution in [0.4, 0.5) is 4.39 Å². The molecule has 1 heterocycles. The number of halogens is 5. The molecule has 0 N–H and O–H groups in total. The van der Waals surface area contributed by atoms with E-state index in [1.54, 1.807) is 4.57 Å². The number of hydrogen-bond donors (Lipinski definition) is 0. The predicted molar refractivity (Wildman–Crippen MR) is 88.3 cm³/mol. The highest BCUT2D eigenvalue weighted by molar-refractivity contribution is 9.10. The molecule has 1 aromatic heterocycles. The molecule has 0 saturated carbocycles. The maximum Gasteiger partial charge on any atom is 0.129 e. The second-order valence-electron chi connectivity index (χ2n) is 4.35. The van der Waals surface area contributed by atoms with Crippen LogP contribution in [0.15, 0.2) is 34.8 Å². The molecule has 0 aliphatic carbocycles. The Hall–Kier alpha value is -0.810. The highest BCUT2D eigenvalue weighted by Crippen LogP contribution is 2.34. The molecule has 0 saturated heterocycles. The van der Waals surface area contributed by atoms with Gasteiger partial charge in [-0.25, -0.2) is 9.37 Å². The third-order valence-electron chi connectivity index (χ3n) is 3.01. The summed E-state index contributed by atoms with van der Waals surface area (Å²) in [6.07, 6.45) is 0. The van der Waals surface area contributed by atoms with Crippen molar-refractivity contribution in [2.45, 2.75) is 5.88 Å². The van der Waals surface area contributed by atoms with Crippen molar-refractivity contribution in [3.63, 3.8) is 0 Å². The summed E-state index contributed by atoms with van der Waals surface area (Å²) in [5.41, 5.74) is 2.01.